The summed E-state index contributed by atoms with van der Waals surface area (Å²) in [7, 11) is 0. The highest BCUT2D eigenvalue weighted by Gasteiger charge is 2.32. The van der Waals surface area contributed by atoms with Crippen LogP contribution < -0.4 is 20.9 Å². The van der Waals surface area contributed by atoms with Gasteiger partial charge in [-0.25, -0.2) is 4.58 Å². The van der Waals surface area contributed by atoms with Crippen molar-refractivity contribution in [2.24, 2.45) is 5.92 Å². The first-order valence-electron chi connectivity index (χ1n) is 11.6. The summed E-state index contributed by atoms with van der Waals surface area (Å²) in [6.07, 6.45) is 18.8. The topological polar surface area (TPSA) is 6.25 Å². The lowest BCUT2D eigenvalue weighted by atomic mass is 9.88. The summed E-state index contributed by atoms with van der Waals surface area (Å²) >= 11 is 0. The largest absolute Gasteiger partial charge is 0.258 e. The van der Waals surface area contributed by atoms with Gasteiger partial charge in [-0.05, 0) is 58.6 Å². The summed E-state index contributed by atoms with van der Waals surface area (Å²) < 4.78 is 2.36. The lowest BCUT2D eigenvalue weighted by Gasteiger charge is -2.24. The highest BCUT2D eigenvalue weighted by Crippen LogP contribution is 2.23. The van der Waals surface area contributed by atoms with Crippen molar-refractivity contribution in [3.05, 3.63) is 68.9 Å². The van der Waals surface area contributed by atoms with E-state index in [2.05, 4.69) is 96.3 Å². The minimum atomic E-state index is -0.0224. The van der Waals surface area contributed by atoms with Crippen molar-refractivity contribution < 1.29 is 4.58 Å². The average molecular weight is 408 g/mol. The third-order valence-electron chi connectivity index (χ3n) is 7.06. The summed E-state index contributed by atoms with van der Waals surface area (Å²) in [6, 6.07) is 15.7. The van der Waals surface area contributed by atoms with E-state index < -0.39 is 0 Å². The van der Waals surface area contributed by atoms with Gasteiger partial charge in [-0.3, -0.25) is 4.90 Å². The van der Waals surface area contributed by atoms with Gasteiger partial charge in [0.05, 0.1) is 0 Å². The van der Waals surface area contributed by atoms with Crippen LogP contribution in [0.4, 0.5) is 0 Å². The highest BCUT2D eigenvalue weighted by atomic mass is 15.3. The Morgan fingerprint density at radius 2 is 1.87 bits per heavy atom. The molecule has 0 radical (unpaired) electrons. The fourth-order valence-corrected chi connectivity index (χ4v) is 5.46. The van der Waals surface area contributed by atoms with Crippen LogP contribution in [0.2, 0.25) is 0 Å². The van der Waals surface area contributed by atoms with Crippen LogP contribution in [0.5, 0.6) is 0 Å². The van der Waals surface area contributed by atoms with Gasteiger partial charge in [-0.2, -0.15) is 0 Å². The maximum absolute atomic E-state index is 6.10. The fraction of sp³-hybridized carbons (Fsp3) is 0.345. The van der Waals surface area contributed by atoms with E-state index in [-0.39, 0.29) is 6.04 Å². The molecule has 2 heteroatoms. The monoisotopic (exact) mass is 407 g/mol. The summed E-state index contributed by atoms with van der Waals surface area (Å²) in [6.45, 7) is 6.64. The lowest BCUT2D eigenvalue weighted by Crippen LogP contribution is -2.40. The molecule has 2 aromatic carbocycles. The Hall–Kier alpha value is -3.05. The Labute approximate surface area is 185 Å². The van der Waals surface area contributed by atoms with E-state index in [0.717, 1.165) is 32.4 Å². The van der Waals surface area contributed by atoms with Gasteiger partial charge in [0.1, 0.15) is 19.1 Å². The van der Waals surface area contributed by atoms with Crippen LogP contribution >= 0.6 is 0 Å². The molecule has 0 spiro atoms. The molecule has 2 aromatic rings. The second-order valence-corrected chi connectivity index (χ2v) is 9.13. The Balaban J connectivity index is 1.51. The van der Waals surface area contributed by atoms with Crippen LogP contribution in [-0.4, -0.2) is 34.9 Å². The summed E-state index contributed by atoms with van der Waals surface area (Å²) in [5, 5.41) is 5.45. The zero-order chi connectivity index (χ0) is 21.4. The van der Waals surface area contributed by atoms with E-state index in [1.807, 2.05) is 0 Å². The fourth-order valence-electron chi connectivity index (χ4n) is 5.46. The van der Waals surface area contributed by atoms with Gasteiger partial charge in [0.15, 0.2) is 6.04 Å². The molecule has 0 saturated carbocycles. The van der Waals surface area contributed by atoms with E-state index in [9.17, 15) is 0 Å². The summed E-state index contributed by atoms with van der Waals surface area (Å²) in [5.41, 5.74) is 2.81. The van der Waals surface area contributed by atoms with E-state index in [1.165, 1.54) is 26.4 Å². The SMILES string of the molecule is C#CC(c1cccc2c1=CCCC=2)[N+]1=CN(C(C)C2=c3ccccc3=CC(C)C2)CC1. The van der Waals surface area contributed by atoms with Gasteiger partial charge in [0.25, 0.3) is 0 Å². The van der Waals surface area contributed by atoms with Crippen molar-refractivity contribution >= 4 is 30.1 Å². The van der Waals surface area contributed by atoms with Crippen molar-refractivity contribution in [1.82, 2.24) is 4.90 Å². The van der Waals surface area contributed by atoms with Crippen LogP contribution in [0.3, 0.4) is 0 Å². The molecule has 3 unspecified atom stereocenters. The number of terminal acetylenes is 1. The van der Waals surface area contributed by atoms with E-state index in [4.69, 9.17) is 6.42 Å². The van der Waals surface area contributed by atoms with Crippen LogP contribution in [0.1, 0.15) is 44.7 Å². The highest BCUT2D eigenvalue weighted by molar-refractivity contribution is 5.62. The Morgan fingerprint density at radius 3 is 2.74 bits per heavy atom. The summed E-state index contributed by atoms with van der Waals surface area (Å²) in [5.74, 6) is 3.67. The quantitative estimate of drug-likeness (QED) is 0.556. The van der Waals surface area contributed by atoms with Gasteiger partial charge < -0.3 is 0 Å². The van der Waals surface area contributed by atoms with Gasteiger partial charge >= 0.3 is 0 Å². The molecule has 0 saturated heterocycles. The van der Waals surface area contributed by atoms with Crippen LogP contribution in [-0.2, 0) is 0 Å². The van der Waals surface area contributed by atoms with Gasteiger partial charge in [-0.1, -0.05) is 73.5 Å². The third-order valence-corrected chi connectivity index (χ3v) is 7.06. The van der Waals surface area contributed by atoms with Crippen molar-refractivity contribution in [2.45, 2.75) is 45.2 Å². The van der Waals surface area contributed by atoms with Crippen LogP contribution in [0.15, 0.2) is 42.5 Å². The van der Waals surface area contributed by atoms with Crippen LogP contribution in [0, 0.1) is 18.3 Å². The van der Waals surface area contributed by atoms with E-state index in [1.54, 1.807) is 5.57 Å². The molecule has 0 N–H and O–H groups in total. The second kappa shape index (κ2) is 8.23. The molecule has 2 nitrogen and oxygen atoms in total. The molecule has 5 rings (SSSR count). The second-order valence-electron chi connectivity index (χ2n) is 9.13. The lowest BCUT2D eigenvalue weighted by molar-refractivity contribution is -0.544. The minimum absolute atomic E-state index is 0.0224. The first-order chi connectivity index (χ1) is 15.2. The number of hydrogen-bond donors (Lipinski definition) is 0. The number of rotatable bonds is 4. The number of hydrogen-bond acceptors (Lipinski definition) is 1. The Bertz CT molecular complexity index is 1320. The Kier molecular flexibility index (Phi) is 5.28. The maximum atomic E-state index is 6.10. The molecule has 31 heavy (non-hydrogen) atoms. The van der Waals surface area contributed by atoms with Crippen LogP contribution in [0.25, 0.3) is 23.8 Å². The smallest absolute Gasteiger partial charge is 0.236 e. The van der Waals surface area contributed by atoms with Crippen molar-refractivity contribution in [2.75, 3.05) is 13.1 Å². The van der Waals surface area contributed by atoms with Gasteiger partial charge in [0, 0.05) is 5.56 Å². The molecule has 3 atom stereocenters. The predicted octanol–water partition coefficient (Wildman–Crippen LogP) is 2.13. The molecule has 2 aliphatic carbocycles. The third kappa shape index (κ3) is 3.63. The molecule has 3 aliphatic rings. The molecule has 0 fully saturated rings. The molecular weight excluding hydrogens is 376 g/mol. The zero-order valence-electron chi connectivity index (χ0n) is 18.6. The maximum Gasteiger partial charge on any atom is 0.236 e. The van der Waals surface area contributed by atoms with Gasteiger partial charge in [-0.15, -0.1) is 6.42 Å². The van der Waals surface area contributed by atoms with Crippen molar-refractivity contribution in [3.8, 4) is 12.3 Å². The zero-order valence-corrected chi connectivity index (χ0v) is 18.6. The number of nitrogens with zero attached hydrogens (tertiary/aromatic N) is 2. The first kappa shape index (κ1) is 19.9. The summed E-state index contributed by atoms with van der Waals surface area (Å²) in [4.78, 5) is 2.49. The van der Waals surface area contributed by atoms with Crippen molar-refractivity contribution in [3.63, 3.8) is 0 Å². The standard InChI is InChI=1S/C29H31N2/c1-4-29(27-15-9-12-23-10-5-7-13-25(23)27)31-17-16-30(20-31)22(3)28-19-21(2)18-24-11-6-8-14-26(24)28/h1,6,8-15,18,20-22,29H,5,7,16-17,19H2,2-3H3/q+1. The van der Waals surface area contributed by atoms with E-state index in [0.29, 0.717) is 12.0 Å². The average Bonchev–Trinajstić information content (AvgIpc) is 3.28. The first-order valence-corrected chi connectivity index (χ1v) is 11.6. The predicted molar refractivity (Wildman–Crippen MR) is 130 cm³/mol. The molecule has 0 amide bonds. The minimum Gasteiger partial charge on any atom is -0.258 e. The number of fused-ring (bicyclic) bond motifs is 2. The molecule has 1 aliphatic heterocycles. The molecule has 1 heterocycles. The van der Waals surface area contributed by atoms with Gasteiger partial charge in [0.2, 0.25) is 6.34 Å². The molecular formula is C29H31N2+. The van der Waals surface area contributed by atoms with E-state index >= 15 is 0 Å². The Morgan fingerprint density at radius 1 is 1.06 bits per heavy atom. The molecule has 156 valence electrons. The molecule has 0 aromatic heterocycles. The number of benzene rings is 2. The normalized spacial score (nSPS) is 21.5. The van der Waals surface area contributed by atoms with Crippen molar-refractivity contribution in [1.29, 1.82) is 0 Å². The molecule has 0 bridgehead atoms.